The van der Waals surface area contributed by atoms with Crippen LogP contribution in [0, 0.1) is 10.1 Å². The summed E-state index contributed by atoms with van der Waals surface area (Å²) >= 11 is 0. The topological polar surface area (TPSA) is 167 Å². The maximum atomic E-state index is 12.2. The van der Waals surface area contributed by atoms with Crippen LogP contribution < -0.4 is 11.5 Å². The fraction of sp³-hybridized carbons (Fsp3) is 0.200. The zero-order valence-corrected chi connectivity index (χ0v) is 11.2. The van der Waals surface area contributed by atoms with E-state index in [-0.39, 0.29) is 10.5 Å². The molecule has 21 heavy (non-hydrogen) atoms. The second-order valence-corrected chi connectivity index (χ2v) is 6.12. The van der Waals surface area contributed by atoms with Crippen molar-refractivity contribution in [2.75, 3.05) is 6.54 Å². The molecular formula is C10H10N4O6S. The number of carbonyl (C=O) groups excluding carboxylic acids is 2. The number of benzene rings is 1. The van der Waals surface area contributed by atoms with Gasteiger partial charge < -0.3 is 11.5 Å². The first kappa shape index (κ1) is 14.9. The molecule has 0 bridgehead atoms. The highest BCUT2D eigenvalue weighted by Crippen LogP contribution is 2.32. The molecule has 1 aromatic rings. The number of nitro groups is 1. The van der Waals surface area contributed by atoms with Gasteiger partial charge >= 0.3 is 0 Å². The molecule has 0 saturated carbocycles. The lowest BCUT2D eigenvalue weighted by Crippen LogP contribution is -2.47. The Kier molecular flexibility index (Phi) is 3.39. The van der Waals surface area contributed by atoms with E-state index in [0.29, 0.717) is 4.31 Å². The van der Waals surface area contributed by atoms with Gasteiger partial charge in [-0.3, -0.25) is 19.7 Å². The van der Waals surface area contributed by atoms with Crippen molar-refractivity contribution in [1.29, 1.82) is 0 Å². The minimum atomic E-state index is -4.19. The Morgan fingerprint density at radius 1 is 1.43 bits per heavy atom. The summed E-state index contributed by atoms with van der Waals surface area (Å²) in [5, 5.41) is 10.7. The Morgan fingerprint density at radius 2 is 2.05 bits per heavy atom. The molecule has 0 radical (unpaired) electrons. The van der Waals surface area contributed by atoms with E-state index in [4.69, 9.17) is 11.5 Å². The SMILES string of the molecule is NC(=O)C(N)CN1C(=O)c2cc([N+](=O)[O-])ccc2S1(=O)=O. The molecule has 11 heteroatoms. The van der Waals surface area contributed by atoms with E-state index in [1.807, 2.05) is 0 Å². The number of nitrogens with zero attached hydrogens (tertiary/aromatic N) is 2. The molecule has 2 amide bonds. The predicted molar refractivity (Wildman–Crippen MR) is 68.5 cm³/mol. The van der Waals surface area contributed by atoms with Crippen molar-refractivity contribution >= 4 is 27.5 Å². The number of nitrogens with two attached hydrogens (primary N) is 2. The number of nitro benzene ring substituents is 1. The molecule has 1 aliphatic rings. The van der Waals surface area contributed by atoms with Crippen molar-refractivity contribution < 1.29 is 22.9 Å². The van der Waals surface area contributed by atoms with Gasteiger partial charge in [-0.2, -0.15) is 0 Å². The van der Waals surface area contributed by atoms with Gasteiger partial charge in [-0.05, 0) is 6.07 Å². The lowest BCUT2D eigenvalue weighted by Gasteiger charge is -2.17. The van der Waals surface area contributed by atoms with E-state index in [1.165, 1.54) is 0 Å². The number of fused-ring (bicyclic) bond motifs is 1. The van der Waals surface area contributed by atoms with Gasteiger partial charge in [0, 0.05) is 12.1 Å². The van der Waals surface area contributed by atoms with Gasteiger partial charge in [0.25, 0.3) is 21.6 Å². The number of carbonyl (C=O) groups is 2. The Morgan fingerprint density at radius 3 is 2.57 bits per heavy atom. The van der Waals surface area contributed by atoms with Crippen LogP contribution in [0.1, 0.15) is 10.4 Å². The minimum Gasteiger partial charge on any atom is -0.368 e. The van der Waals surface area contributed by atoms with Crippen LogP contribution in [0.2, 0.25) is 0 Å². The first-order chi connectivity index (χ1) is 9.66. The lowest BCUT2D eigenvalue weighted by molar-refractivity contribution is -0.384. The quantitative estimate of drug-likeness (QED) is 0.506. The summed E-state index contributed by atoms with van der Waals surface area (Å²) in [7, 11) is -4.19. The molecule has 4 N–H and O–H groups in total. The molecule has 0 aliphatic carbocycles. The average molecular weight is 314 g/mol. The third-order valence-electron chi connectivity index (χ3n) is 2.93. The Balaban J connectivity index is 2.49. The number of hydrogen-bond acceptors (Lipinski definition) is 7. The molecule has 0 fully saturated rings. The van der Waals surface area contributed by atoms with Crippen LogP contribution in [0.5, 0.6) is 0 Å². The number of amides is 2. The van der Waals surface area contributed by atoms with Crippen LogP contribution in [-0.4, -0.2) is 42.0 Å². The molecule has 1 unspecified atom stereocenters. The molecule has 1 heterocycles. The zero-order valence-electron chi connectivity index (χ0n) is 10.4. The molecule has 0 saturated heterocycles. The van der Waals surface area contributed by atoms with E-state index in [1.54, 1.807) is 0 Å². The van der Waals surface area contributed by atoms with E-state index < -0.39 is 45.0 Å². The monoisotopic (exact) mass is 314 g/mol. The molecule has 112 valence electrons. The first-order valence-electron chi connectivity index (χ1n) is 5.56. The number of sulfonamides is 1. The van der Waals surface area contributed by atoms with E-state index >= 15 is 0 Å². The summed E-state index contributed by atoms with van der Waals surface area (Å²) in [5.74, 6) is -1.95. The maximum absolute atomic E-state index is 12.2. The molecule has 0 spiro atoms. The highest BCUT2D eigenvalue weighted by molar-refractivity contribution is 7.90. The fourth-order valence-corrected chi connectivity index (χ4v) is 3.41. The fourth-order valence-electron chi connectivity index (χ4n) is 1.84. The predicted octanol–water partition coefficient (Wildman–Crippen LogP) is -1.45. The van der Waals surface area contributed by atoms with Gasteiger partial charge in [0.05, 0.1) is 17.0 Å². The highest BCUT2D eigenvalue weighted by Gasteiger charge is 2.43. The van der Waals surface area contributed by atoms with Crippen LogP contribution in [0.15, 0.2) is 23.1 Å². The van der Waals surface area contributed by atoms with E-state index in [9.17, 15) is 28.1 Å². The average Bonchev–Trinajstić information content (AvgIpc) is 2.59. The lowest BCUT2D eigenvalue weighted by atomic mass is 10.2. The Hall–Kier alpha value is -2.53. The maximum Gasteiger partial charge on any atom is 0.270 e. The first-order valence-corrected chi connectivity index (χ1v) is 7.00. The second kappa shape index (κ2) is 4.79. The number of hydrogen-bond donors (Lipinski definition) is 2. The Bertz CT molecular complexity index is 759. The molecule has 1 atom stereocenters. The summed E-state index contributed by atoms with van der Waals surface area (Å²) in [6.45, 7) is -0.626. The smallest absolute Gasteiger partial charge is 0.270 e. The highest BCUT2D eigenvalue weighted by atomic mass is 32.2. The van der Waals surface area contributed by atoms with Crippen molar-refractivity contribution in [2.45, 2.75) is 10.9 Å². The molecule has 1 aliphatic heterocycles. The van der Waals surface area contributed by atoms with Crippen molar-refractivity contribution in [3.05, 3.63) is 33.9 Å². The summed E-state index contributed by atoms with van der Waals surface area (Å²) < 4.78 is 24.7. The summed E-state index contributed by atoms with van der Waals surface area (Å²) in [6, 6.07) is 1.44. The standard InChI is InChI=1S/C10H10N4O6S/c11-7(9(12)15)4-13-10(16)6-3-5(14(17)18)1-2-8(6)21(13,19)20/h1-3,7H,4,11H2,(H2,12,15). The third-order valence-corrected chi connectivity index (χ3v) is 4.73. The second-order valence-electron chi connectivity index (χ2n) is 4.29. The molecular weight excluding hydrogens is 304 g/mol. The van der Waals surface area contributed by atoms with E-state index in [2.05, 4.69) is 0 Å². The van der Waals surface area contributed by atoms with Crippen molar-refractivity contribution in [2.24, 2.45) is 11.5 Å². The van der Waals surface area contributed by atoms with Gasteiger partial charge in [-0.15, -0.1) is 0 Å². The van der Waals surface area contributed by atoms with Crippen LogP contribution >= 0.6 is 0 Å². The zero-order chi connectivity index (χ0) is 15.9. The summed E-state index contributed by atoms with van der Waals surface area (Å²) in [4.78, 5) is 32.5. The van der Waals surface area contributed by atoms with Gasteiger partial charge in [0.15, 0.2) is 0 Å². The van der Waals surface area contributed by atoms with Crippen molar-refractivity contribution in [3.8, 4) is 0 Å². The van der Waals surface area contributed by atoms with E-state index in [0.717, 1.165) is 18.2 Å². The number of rotatable bonds is 4. The van der Waals surface area contributed by atoms with Gasteiger partial charge in [0.1, 0.15) is 10.9 Å². The van der Waals surface area contributed by atoms with Gasteiger partial charge in [-0.25, -0.2) is 12.7 Å². The number of non-ortho nitro benzene ring substituents is 1. The largest absolute Gasteiger partial charge is 0.368 e. The molecule has 0 aromatic heterocycles. The summed E-state index contributed by atoms with van der Waals surface area (Å²) in [6.07, 6.45) is 0. The van der Waals surface area contributed by atoms with Gasteiger partial charge in [0.2, 0.25) is 5.91 Å². The molecule has 10 nitrogen and oxygen atoms in total. The van der Waals surface area contributed by atoms with Crippen LogP contribution in [0.25, 0.3) is 0 Å². The molecule has 1 aromatic carbocycles. The summed E-state index contributed by atoms with van der Waals surface area (Å²) in [5.41, 5.74) is 9.53. The van der Waals surface area contributed by atoms with Crippen LogP contribution in [-0.2, 0) is 14.8 Å². The normalized spacial score (nSPS) is 17.4. The number of primary amides is 1. The van der Waals surface area contributed by atoms with Crippen LogP contribution in [0.4, 0.5) is 5.69 Å². The van der Waals surface area contributed by atoms with Crippen molar-refractivity contribution in [1.82, 2.24) is 4.31 Å². The third kappa shape index (κ3) is 2.32. The Labute approximate surface area is 118 Å². The van der Waals surface area contributed by atoms with Crippen molar-refractivity contribution in [3.63, 3.8) is 0 Å². The van der Waals surface area contributed by atoms with Crippen LogP contribution in [0.3, 0.4) is 0 Å². The molecule has 2 rings (SSSR count). The van der Waals surface area contributed by atoms with Gasteiger partial charge in [-0.1, -0.05) is 0 Å². The minimum absolute atomic E-state index is 0.333.